The van der Waals surface area contributed by atoms with Gasteiger partial charge in [-0.3, -0.25) is 0 Å². The number of hydrogen-bond acceptors (Lipinski definition) is 7. The summed E-state index contributed by atoms with van der Waals surface area (Å²) in [6.07, 6.45) is 2.27. The van der Waals surface area contributed by atoms with E-state index in [-0.39, 0.29) is 18.5 Å². The lowest BCUT2D eigenvalue weighted by Crippen LogP contribution is -2.09. The maximum absolute atomic E-state index is 10.6. The molecule has 0 saturated heterocycles. The van der Waals surface area contributed by atoms with Gasteiger partial charge in [-0.2, -0.15) is 0 Å². The lowest BCUT2D eigenvalue weighted by Gasteiger charge is -2.05. The molecule has 0 amide bonds. The number of carbonyl (C=O) groups is 3. The Labute approximate surface area is 166 Å². The second kappa shape index (κ2) is 18.4. The Kier molecular flexibility index (Phi) is 17.7. The quantitative estimate of drug-likeness (QED) is 0.290. The molecule has 7 heteroatoms. The molecular weight excluding hydrogens is 364 g/mol. The van der Waals surface area contributed by atoms with Crippen LogP contribution in [0.3, 0.4) is 0 Å². The van der Waals surface area contributed by atoms with Crippen molar-refractivity contribution in [3.63, 3.8) is 0 Å². The van der Waals surface area contributed by atoms with E-state index >= 15 is 0 Å². The van der Waals surface area contributed by atoms with Crippen LogP contribution in [0.5, 0.6) is 5.75 Å². The third-order valence-corrected chi connectivity index (χ3v) is 2.49. The van der Waals surface area contributed by atoms with Gasteiger partial charge in [-0.05, 0) is 26.0 Å². The average molecular weight is 392 g/mol. The van der Waals surface area contributed by atoms with Crippen LogP contribution in [0.4, 0.5) is 0 Å². The lowest BCUT2D eigenvalue weighted by molar-refractivity contribution is -0.138. The molecule has 0 N–H and O–H groups in total. The molecule has 7 nitrogen and oxygen atoms in total. The van der Waals surface area contributed by atoms with Gasteiger partial charge in [0.1, 0.15) is 19.0 Å². The monoisotopic (exact) mass is 392 g/mol. The van der Waals surface area contributed by atoms with Crippen LogP contribution in [-0.4, -0.2) is 44.8 Å². The summed E-state index contributed by atoms with van der Waals surface area (Å²) in [4.78, 5) is 30.9. The maximum Gasteiger partial charge on any atom is 0.332 e. The van der Waals surface area contributed by atoms with Crippen LogP contribution in [0.1, 0.15) is 13.8 Å². The molecule has 0 aromatic heterocycles. The number of hydrogen-bond donors (Lipinski definition) is 0. The topological polar surface area (TPSA) is 88.1 Å². The molecule has 1 aromatic carbocycles. The van der Waals surface area contributed by atoms with Gasteiger partial charge < -0.3 is 18.9 Å². The van der Waals surface area contributed by atoms with Crippen molar-refractivity contribution >= 4 is 17.9 Å². The molecule has 1 aromatic rings. The molecule has 0 heterocycles. The highest BCUT2D eigenvalue weighted by Crippen LogP contribution is 2.07. The van der Waals surface area contributed by atoms with E-state index in [1.165, 1.54) is 7.11 Å². The Morgan fingerprint density at radius 1 is 0.964 bits per heavy atom. The fraction of sp³-hybridized carbons (Fsp3) is 0.286. The Bertz CT molecular complexity index is 619. The number of benzene rings is 1. The van der Waals surface area contributed by atoms with Gasteiger partial charge in [0, 0.05) is 17.7 Å². The summed E-state index contributed by atoms with van der Waals surface area (Å²) < 4.78 is 18.7. The standard InChI is InChI=1S/C11H12O3.2C5H8O2/c1-2-11(12)14-9-8-13-10-6-4-3-5-7-10;1-4(2)5(6)7-3;1-3-5(6)7-4-2/h2-7H,1,8-9H2;1H2,2-3H3;3H,1,4H2,2H3. The van der Waals surface area contributed by atoms with Gasteiger partial charge in [-0.25, -0.2) is 14.4 Å². The zero-order valence-corrected chi connectivity index (χ0v) is 16.6. The van der Waals surface area contributed by atoms with Crippen LogP contribution in [0.2, 0.25) is 0 Å². The first kappa shape index (κ1) is 26.9. The average Bonchev–Trinajstić information content (AvgIpc) is 2.72. The molecule has 0 unspecified atom stereocenters. The summed E-state index contributed by atoms with van der Waals surface area (Å²) >= 11 is 0. The number of rotatable bonds is 8. The van der Waals surface area contributed by atoms with Gasteiger partial charge in [-0.1, -0.05) is 37.9 Å². The number of ether oxygens (including phenoxy) is 4. The first-order chi connectivity index (χ1) is 13.3. The molecule has 0 atom stereocenters. The third kappa shape index (κ3) is 17.5. The zero-order valence-electron chi connectivity index (χ0n) is 16.6. The molecule has 0 aliphatic heterocycles. The van der Waals surface area contributed by atoms with E-state index in [4.69, 9.17) is 9.47 Å². The first-order valence-corrected chi connectivity index (χ1v) is 8.32. The predicted molar refractivity (Wildman–Crippen MR) is 107 cm³/mol. The molecule has 0 spiro atoms. The fourth-order valence-corrected chi connectivity index (χ4v) is 1.25. The fourth-order valence-electron chi connectivity index (χ4n) is 1.25. The molecule has 0 radical (unpaired) electrons. The van der Waals surface area contributed by atoms with E-state index in [1.54, 1.807) is 13.8 Å². The van der Waals surface area contributed by atoms with Crippen LogP contribution in [0, 0.1) is 0 Å². The van der Waals surface area contributed by atoms with E-state index < -0.39 is 5.97 Å². The largest absolute Gasteiger partial charge is 0.490 e. The molecule has 154 valence electrons. The minimum atomic E-state index is -0.429. The summed E-state index contributed by atoms with van der Waals surface area (Å²) in [5, 5.41) is 0. The van der Waals surface area contributed by atoms with Crippen molar-refractivity contribution in [2.75, 3.05) is 26.9 Å². The van der Waals surface area contributed by atoms with Crippen molar-refractivity contribution in [3.8, 4) is 5.75 Å². The van der Waals surface area contributed by atoms with Crippen molar-refractivity contribution in [1.29, 1.82) is 0 Å². The van der Waals surface area contributed by atoms with Gasteiger partial charge in [0.25, 0.3) is 0 Å². The Hall–Kier alpha value is -3.35. The van der Waals surface area contributed by atoms with Crippen molar-refractivity contribution in [3.05, 3.63) is 67.8 Å². The number of para-hydroxylation sites is 1. The highest BCUT2D eigenvalue weighted by molar-refractivity contribution is 5.86. The highest BCUT2D eigenvalue weighted by atomic mass is 16.6. The number of methoxy groups -OCH3 is 1. The van der Waals surface area contributed by atoms with Crippen LogP contribution in [0.25, 0.3) is 0 Å². The van der Waals surface area contributed by atoms with Gasteiger partial charge >= 0.3 is 17.9 Å². The van der Waals surface area contributed by atoms with E-state index in [0.717, 1.165) is 17.9 Å². The van der Waals surface area contributed by atoms with Crippen molar-refractivity contribution in [2.45, 2.75) is 13.8 Å². The van der Waals surface area contributed by atoms with E-state index in [1.807, 2.05) is 30.3 Å². The summed E-state index contributed by atoms with van der Waals surface area (Å²) in [6.45, 7) is 14.2. The summed E-state index contributed by atoms with van der Waals surface area (Å²) in [6, 6.07) is 9.35. The van der Waals surface area contributed by atoms with E-state index in [9.17, 15) is 14.4 Å². The highest BCUT2D eigenvalue weighted by Gasteiger charge is 1.96. The summed E-state index contributed by atoms with van der Waals surface area (Å²) in [7, 11) is 1.33. The molecule has 0 saturated carbocycles. The smallest absolute Gasteiger partial charge is 0.332 e. The first-order valence-electron chi connectivity index (χ1n) is 8.32. The van der Waals surface area contributed by atoms with Gasteiger partial charge in [-0.15, -0.1) is 0 Å². The van der Waals surface area contributed by atoms with E-state index in [2.05, 4.69) is 29.2 Å². The normalized spacial score (nSPS) is 8.39. The van der Waals surface area contributed by atoms with Crippen molar-refractivity contribution < 1.29 is 33.3 Å². The molecular formula is C21H28O7. The summed E-state index contributed by atoms with van der Waals surface area (Å²) in [5.41, 5.74) is 0.433. The second-order valence-electron chi connectivity index (χ2n) is 4.76. The van der Waals surface area contributed by atoms with Crippen LogP contribution in [0.15, 0.2) is 67.8 Å². The minimum Gasteiger partial charge on any atom is -0.490 e. The predicted octanol–water partition coefficient (Wildman–Crippen LogP) is 3.27. The molecule has 1 rings (SSSR count). The molecule has 28 heavy (non-hydrogen) atoms. The van der Waals surface area contributed by atoms with Gasteiger partial charge in [0.2, 0.25) is 0 Å². The van der Waals surface area contributed by atoms with Gasteiger partial charge in [0.05, 0.1) is 13.7 Å². The lowest BCUT2D eigenvalue weighted by atomic mass is 10.3. The minimum absolute atomic E-state index is 0.236. The van der Waals surface area contributed by atoms with Crippen LogP contribution < -0.4 is 4.74 Å². The maximum atomic E-state index is 10.6. The molecule has 0 bridgehead atoms. The Morgan fingerprint density at radius 2 is 1.50 bits per heavy atom. The molecule has 0 aliphatic carbocycles. The molecule has 0 fully saturated rings. The van der Waals surface area contributed by atoms with Crippen molar-refractivity contribution in [2.24, 2.45) is 0 Å². The number of carbonyl (C=O) groups excluding carboxylic acids is 3. The second-order valence-corrected chi connectivity index (χ2v) is 4.76. The van der Waals surface area contributed by atoms with Crippen LogP contribution >= 0.6 is 0 Å². The summed E-state index contributed by atoms with van der Waals surface area (Å²) in [5.74, 6) is -0.369. The number of esters is 3. The van der Waals surface area contributed by atoms with E-state index in [0.29, 0.717) is 18.8 Å². The Morgan fingerprint density at radius 3 is 1.86 bits per heavy atom. The third-order valence-electron chi connectivity index (χ3n) is 2.49. The Balaban J connectivity index is 0. The molecule has 0 aliphatic rings. The zero-order chi connectivity index (χ0) is 21.8. The van der Waals surface area contributed by atoms with Crippen molar-refractivity contribution in [1.82, 2.24) is 0 Å². The SMILES string of the molecule is C=C(C)C(=O)OC.C=CC(=O)OCC.C=CC(=O)OCCOc1ccccc1. The van der Waals surface area contributed by atoms with Gasteiger partial charge in [0.15, 0.2) is 0 Å². The van der Waals surface area contributed by atoms with Crippen LogP contribution in [-0.2, 0) is 28.6 Å².